The number of ether oxygens (including phenoxy) is 2. The SMILES string of the molecule is COc1ccccc1CN1C(=O)C(=O)/C(=C(/O)c2ccc3c(c2)CCCO3)C1c1ccc(C)o1. The number of aliphatic hydroxyl groups excluding tert-OH is 1. The maximum absolute atomic E-state index is 13.2. The van der Waals surface area contributed by atoms with E-state index in [4.69, 9.17) is 13.9 Å². The number of rotatable bonds is 5. The van der Waals surface area contributed by atoms with E-state index < -0.39 is 17.7 Å². The zero-order valence-corrected chi connectivity index (χ0v) is 19.0. The second-order valence-electron chi connectivity index (χ2n) is 8.46. The third-order valence-electron chi connectivity index (χ3n) is 6.29. The molecule has 5 rings (SSSR count). The third-order valence-corrected chi connectivity index (χ3v) is 6.29. The van der Waals surface area contributed by atoms with Crippen LogP contribution < -0.4 is 9.47 Å². The van der Waals surface area contributed by atoms with Gasteiger partial charge >= 0.3 is 0 Å². The largest absolute Gasteiger partial charge is 0.507 e. The minimum atomic E-state index is -0.870. The number of nitrogens with zero attached hydrogens (tertiary/aromatic N) is 1. The van der Waals surface area contributed by atoms with Crippen LogP contribution in [0.2, 0.25) is 0 Å². The molecule has 0 radical (unpaired) electrons. The summed E-state index contributed by atoms with van der Waals surface area (Å²) in [5.41, 5.74) is 2.17. The Kier molecular flexibility index (Phi) is 5.61. The van der Waals surface area contributed by atoms with Gasteiger partial charge in [-0.25, -0.2) is 0 Å². The lowest BCUT2D eigenvalue weighted by atomic mass is 9.96. The number of hydrogen-bond acceptors (Lipinski definition) is 6. The number of carbonyl (C=O) groups is 2. The van der Waals surface area contributed by atoms with Crippen LogP contribution in [0.5, 0.6) is 11.5 Å². The summed E-state index contributed by atoms with van der Waals surface area (Å²) in [5, 5.41) is 11.3. The number of likely N-dealkylation sites (tertiary alicyclic amines) is 1. The summed E-state index contributed by atoms with van der Waals surface area (Å²) in [4.78, 5) is 27.9. The van der Waals surface area contributed by atoms with Crippen molar-refractivity contribution in [3.8, 4) is 11.5 Å². The molecular formula is C27H25NO6. The molecule has 0 spiro atoms. The minimum absolute atomic E-state index is 0.00549. The van der Waals surface area contributed by atoms with Gasteiger partial charge in [0.15, 0.2) is 0 Å². The highest BCUT2D eigenvalue weighted by Gasteiger charge is 2.47. The molecule has 0 saturated carbocycles. The summed E-state index contributed by atoms with van der Waals surface area (Å²) in [5.74, 6) is 0.755. The molecule has 1 unspecified atom stereocenters. The smallest absolute Gasteiger partial charge is 0.296 e. The van der Waals surface area contributed by atoms with Gasteiger partial charge in [0, 0.05) is 11.1 Å². The van der Waals surface area contributed by atoms with E-state index in [0.29, 0.717) is 29.4 Å². The number of ketones is 1. The Morgan fingerprint density at radius 3 is 2.74 bits per heavy atom. The van der Waals surface area contributed by atoms with Crippen LogP contribution in [0.4, 0.5) is 0 Å². The Morgan fingerprint density at radius 1 is 1.15 bits per heavy atom. The zero-order chi connectivity index (χ0) is 23.8. The molecule has 0 bridgehead atoms. The van der Waals surface area contributed by atoms with E-state index in [1.807, 2.05) is 24.3 Å². The molecule has 3 aromatic rings. The fourth-order valence-electron chi connectivity index (χ4n) is 4.62. The highest BCUT2D eigenvalue weighted by atomic mass is 16.5. The van der Waals surface area contributed by atoms with Crippen molar-refractivity contribution in [3.05, 3.63) is 88.4 Å². The number of furan rings is 1. The molecule has 1 atom stereocenters. The second kappa shape index (κ2) is 8.74. The van der Waals surface area contributed by atoms with Crippen LogP contribution in [-0.2, 0) is 22.6 Å². The predicted octanol–water partition coefficient (Wildman–Crippen LogP) is 4.54. The van der Waals surface area contributed by atoms with E-state index in [9.17, 15) is 14.7 Å². The summed E-state index contributed by atoms with van der Waals surface area (Å²) in [6.45, 7) is 2.57. The van der Waals surface area contributed by atoms with Crippen LogP contribution in [0, 0.1) is 6.92 Å². The Balaban J connectivity index is 1.62. The summed E-state index contributed by atoms with van der Waals surface area (Å²) >= 11 is 0. The first-order valence-electron chi connectivity index (χ1n) is 11.2. The molecular weight excluding hydrogens is 434 g/mol. The Labute approximate surface area is 197 Å². The lowest BCUT2D eigenvalue weighted by Gasteiger charge is -2.24. The van der Waals surface area contributed by atoms with E-state index in [-0.39, 0.29) is 17.9 Å². The topological polar surface area (TPSA) is 89.2 Å². The van der Waals surface area contributed by atoms with Crippen molar-refractivity contribution >= 4 is 17.4 Å². The van der Waals surface area contributed by atoms with Crippen molar-refractivity contribution in [2.24, 2.45) is 0 Å². The van der Waals surface area contributed by atoms with Crippen molar-refractivity contribution in [3.63, 3.8) is 0 Å². The van der Waals surface area contributed by atoms with Gasteiger partial charge in [-0.15, -0.1) is 0 Å². The molecule has 1 aromatic heterocycles. The summed E-state index contributed by atoms with van der Waals surface area (Å²) < 4.78 is 17.0. The highest BCUT2D eigenvalue weighted by molar-refractivity contribution is 6.46. The quantitative estimate of drug-likeness (QED) is 0.342. The summed E-state index contributed by atoms with van der Waals surface area (Å²) in [6, 6.07) is 15.3. The Hall–Kier alpha value is -4.00. The van der Waals surface area contributed by atoms with Gasteiger partial charge in [0.1, 0.15) is 34.8 Å². The van der Waals surface area contributed by atoms with Gasteiger partial charge in [-0.1, -0.05) is 18.2 Å². The van der Waals surface area contributed by atoms with Crippen LogP contribution in [0.3, 0.4) is 0 Å². The Bertz CT molecular complexity index is 1300. The molecule has 7 nitrogen and oxygen atoms in total. The molecule has 2 aromatic carbocycles. The van der Waals surface area contributed by atoms with Crippen LogP contribution in [0.15, 0.2) is 64.6 Å². The molecule has 174 valence electrons. The molecule has 0 aliphatic carbocycles. The van der Waals surface area contributed by atoms with Crippen molar-refractivity contribution < 1.29 is 28.6 Å². The highest BCUT2D eigenvalue weighted by Crippen LogP contribution is 2.42. The number of benzene rings is 2. The molecule has 1 saturated heterocycles. The number of aliphatic hydroxyl groups is 1. The number of Topliss-reactive ketones (excluding diaryl/α,β-unsaturated/α-hetero) is 1. The standard InChI is InChI=1S/C27H25NO6/c1-16-9-11-22(34-16)24-23(25(29)18-10-12-21-17(14-18)7-5-13-33-21)26(30)27(31)28(24)15-19-6-3-4-8-20(19)32-2/h3-4,6,8-12,14,24,29H,5,7,13,15H2,1-2H3/b25-23+. The zero-order valence-electron chi connectivity index (χ0n) is 19.0. The number of hydrogen-bond donors (Lipinski definition) is 1. The lowest BCUT2D eigenvalue weighted by Crippen LogP contribution is -2.29. The Morgan fingerprint density at radius 2 is 1.97 bits per heavy atom. The van der Waals surface area contributed by atoms with Gasteiger partial charge in [-0.3, -0.25) is 9.59 Å². The molecule has 2 aliphatic heterocycles. The first kappa shape index (κ1) is 21.8. The first-order valence-corrected chi connectivity index (χ1v) is 11.2. The van der Waals surface area contributed by atoms with E-state index >= 15 is 0 Å². The van der Waals surface area contributed by atoms with Gasteiger partial charge < -0.3 is 23.9 Å². The number of fused-ring (bicyclic) bond motifs is 1. The van der Waals surface area contributed by atoms with E-state index in [0.717, 1.165) is 29.7 Å². The van der Waals surface area contributed by atoms with Gasteiger partial charge in [-0.05, 0) is 61.7 Å². The molecule has 7 heteroatoms. The van der Waals surface area contributed by atoms with Gasteiger partial charge in [0.05, 0.1) is 25.8 Å². The van der Waals surface area contributed by atoms with Gasteiger partial charge in [0.2, 0.25) is 0 Å². The maximum atomic E-state index is 13.2. The van der Waals surface area contributed by atoms with Crippen LogP contribution in [0.25, 0.3) is 5.76 Å². The van der Waals surface area contributed by atoms with Crippen molar-refractivity contribution in [2.75, 3.05) is 13.7 Å². The average molecular weight is 459 g/mol. The fraction of sp³-hybridized carbons (Fsp3) is 0.259. The third kappa shape index (κ3) is 3.73. The van der Waals surface area contributed by atoms with Crippen molar-refractivity contribution in [1.82, 2.24) is 4.90 Å². The van der Waals surface area contributed by atoms with Crippen LogP contribution in [-0.4, -0.2) is 35.4 Å². The van der Waals surface area contributed by atoms with E-state index in [2.05, 4.69) is 0 Å². The molecule has 1 fully saturated rings. The predicted molar refractivity (Wildman–Crippen MR) is 125 cm³/mol. The fourth-order valence-corrected chi connectivity index (χ4v) is 4.62. The minimum Gasteiger partial charge on any atom is -0.507 e. The maximum Gasteiger partial charge on any atom is 0.296 e. The molecule has 1 amide bonds. The number of aryl methyl sites for hydroxylation is 2. The van der Waals surface area contributed by atoms with Crippen molar-refractivity contribution in [1.29, 1.82) is 0 Å². The average Bonchev–Trinajstić information content (AvgIpc) is 3.39. The van der Waals surface area contributed by atoms with Gasteiger partial charge in [0.25, 0.3) is 11.7 Å². The van der Waals surface area contributed by atoms with E-state index in [1.165, 1.54) is 4.90 Å². The lowest BCUT2D eigenvalue weighted by molar-refractivity contribution is -0.140. The van der Waals surface area contributed by atoms with Crippen LogP contribution >= 0.6 is 0 Å². The summed E-state index contributed by atoms with van der Waals surface area (Å²) in [6.07, 6.45) is 1.70. The summed E-state index contributed by atoms with van der Waals surface area (Å²) in [7, 11) is 1.56. The first-order chi connectivity index (χ1) is 16.5. The normalized spacial score (nSPS) is 19.1. The van der Waals surface area contributed by atoms with Crippen LogP contribution in [0.1, 0.15) is 40.7 Å². The number of carbonyl (C=O) groups excluding carboxylic acids is 2. The number of methoxy groups -OCH3 is 1. The second-order valence-corrected chi connectivity index (χ2v) is 8.46. The molecule has 1 N–H and O–H groups in total. The van der Waals surface area contributed by atoms with Crippen molar-refractivity contribution in [2.45, 2.75) is 32.4 Å². The molecule has 34 heavy (non-hydrogen) atoms. The van der Waals surface area contributed by atoms with Gasteiger partial charge in [-0.2, -0.15) is 0 Å². The molecule has 2 aliphatic rings. The van der Waals surface area contributed by atoms with E-state index in [1.54, 1.807) is 44.4 Å². The monoisotopic (exact) mass is 459 g/mol. The number of para-hydroxylation sites is 1. The molecule has 3 heterocycles. The number of amides is 1.